The number of nitrogens with one attached hydrogen (secondary N) is 1. The lowest BCUT2D eigenvalue weighted by molar-refractivity contribution is -0.116. The number of carbonyl (C=O) groups is 3. The highest BCUT2D eigenvalue weighted by Crippen LogP contribution is 2.31. The van der Waals surface area contributed by atoms with E-state index in [0.29, 0.717) is 30.3 Å². The molecular weight excluding hydrogens is 381 g/mol. The lowest BCUT2D eigenvalue weighted by Gasteiger charge is -2.10. The molecule has 1 N–H and O–H groups in total. The first-order valence-corrected chi connectivity index (χ1v) is 9.08. The average Bonchev–Trinajstić information content (AvgIpc) is 2.97. The van der Waals surface area contributed by atoms with Gasteiger partial charge in [-0.1, -0.05) is 0 Å². The molecule has 29 heavy (non-hydrogen) atoms. The van der Waals surface area contributed by atoms with E-state index < -0.39 is 17.7 Å². The number of Topliss-reactive ketones (excluding diaryl/α,β-unsaturated/α-hetero) is 1. The Hall–Kier alpha value is -3.42. The number of benzene rings is 2. The van der Waals surface area contributed by atoms with Crippen LogP contribution in [-0.4, -0.2) is 38.0 Å². The topological polar surface area (TPSA) is 90.9 Å². The van der Waals surface area contributed by atoms with Crippen LogP contribution in [-0.2, 0) is 9.53 Å². The van der Waals surface area contributed by atoms with E-state index in [0.717, 1.165) is 12.5 Å². The second kappa shape index (κ2) is 9.18. The molecule has 0 saturated carbocycles. The summed E-state index contributed by atoms with van der Waals surface area (Å²) in [5.41, 5.74) is 0.356. The SMILES string of the molecule is COC(=O)c1ccc(F)c(NC(=O)CCC(=O)c2ccc3c(c2)OCCCO3)c1. The quantitative estimate of drug-likeness (QED) is 0.590. The van der Waals surface area contributed by atoms with E-state index in [9.17, 15) is 18.8 Å². The molecule has 0 fully saturated rings. The second-order valence-corrected chi connectivity index (χ2v) is 6.37. The van der Waals surface area contributed by atoms with Crippen molar-refractivity contribution in [3.05, 3.63) is 53.3 Å². The van der Waals surface area contributed by atoms with E-state index in [-0.39, 0.29) is 29.9 Å². The van der Waals surface area contributed by atoms with Crippen molar-refractivity contribution in [3.63, 3.8) is 0 Å². The number of hydrogen-bond donors (Lipinski definition) is 1. The highest BCUT2D eigenvalue weighted by molar-refractivity contribution is 6.01. The normalized spacial score (nSPS) is 12.6. The first-order valence-electron chi connectivity index (χ1n) is 9.08. The fourth-order valence-corrected chi connectivity index (χ4v) is 2.79. The van der Waals surface area contributed by atoms with E-state index >= 15 is 0 Å². The van der Waals surface area contributed by atoms with Crippen LogP contribution in [0.25, 0.3) is 0 Å². The number of esters is 1. The molecule has 0 aliphatic carbocycles. The smallest absolute Gasteiger partial charge is 0.337 e. The van der Waals surface area contributed by atoms with Gasteiger partial charge in [-0.2, -0.15) is 0 Å². The Morgan fingerprint density at radius 3 is 2.48 bits per heavy atom. The van der Waals surface area contributed by atoms with Gasteiger partial charge >= 0.3 is 5.97 Å². The van der Waals surface area contributed by atoms with Crippen molar-refractivity contribution in [1.29, 1.82) is 0 Å². The van der Waals surface area contributed by atoms with Crippen molar-refractivity contribution in [2.24, 2.45) is 0 Å². The van der Waals surface area contributed by atoms with Gasteiger partial charge in [0.25, 0.3) is 0 Å². The van der Waals surface area contributed by atoms with Crippen LogP contribution in [0.4, 0.5) is 10.1 Å². The van der Waals surface area contributed by atoms with Crippen LogP contribution >= 0.6 is 0 Å². The molecule has 8 heteroatoms. The number of hydrogen-bond acceptors (Lipinski definition) is 6. The van der Waals surface area contributed by atoms with Gasteiger partial charge in [-0.15, -0.1) is 0 Å². The van der Waals surface area contributed by atoms with E-state index in [1.807, 2.05) is 0 Å². The molecule has 0 aromatic heterocycles. The van der Waals surface area contributed by atoms with Gasteiger partial charge in [0.1, 0.15) is 5.82 Å². The van der Waals surface area contributed by atoms with Gasteiger partial charge < -0.3 is 19.5 Å². The highest BCUT2D eigenvalue weighted by Gasteiger charge is 2.16. The molecule has 0 saturated heterocycles. The zero-order valence-electron chi connectivity index (χ0n) is 15.8. The molecule has 0 atom stereocenters. The Morgan fingerprint density at radius 1 is 1.00 bits per heavy atom. The molecule has 1 aliphatic rings. The van der Waals surface area contributed by atoms with Crippen molar-refractivity contribution < 1.29 is 33.0 Å². The average molecular weight is 401 g/mol. The fourth-order valence-electron chi connectivity index (χ4n) is 2.79. The third-order valence-electron chi connectivity index (χ3n) is 4.31. The minimum atomic E-state index is -0.694. The lowest BCUT2D eigenvalue weighted by atomic mass is 10.1. The van der Waals surface area contributed by atoms with E-state index in [1.165, 1.54) is 19.2 Å². The van der Waals surface area contributed by atoms with Gasteiger partial charge in [-0.25, -0.2) is 9.18 Å². The predicted molar refractivity (Wildman–Crippen MR) is 102 cm³/mol. The van der Waals surface area contributed by atoms with Crippen LogP contribution in [0.1, 0.15) is 40.0 Å². The van der Waals surface area contributed by atoms with Crippen molar-refractivity contribution in [2.75, 3.05) is 25.6 Å². The first-order chi connectivity index (χ1) is 14.0. The number of amides is 1. The molecule has 0 spiro atoms. The number of rotatable bonds is 6. The van der Waals surface area contributed by atoms with Crippen molar-refractivity contribution in [3.8, 4) is 11.5 Å². The van der Waals surface area contributed by atoms with Crippen molar-refractivity contribution in [2.45, 2.75) is 19.3 Å². The fraction of sp³-hybridized carbons (Fsp3) is 0.286. The number of fused-ring (bicyclic) bond motifs is 1. The first kappa shape index (κ1) is 20.3. The Balaban J connectivity index is 1.60. The third kappa shape index (κ3) is 5.10. The molecule has 0 unspecified atom stereocenters. The van der Waals surface area contributed by atoms with Crippen LogP contribution in [0.2, 0.25) is 0 Å². The van der Waals surface area contributed by atoms with E-state index in [2.05, 4.69) is 10.1 Å². The maximum atomic E-state index is 13.9. The van der Waals surface area contributed by atoms with Gasteiger partial charge in [0.2, 0.25) is 5.91 Å². The van der Waals surface area contributed by atoms with Gasteiger partial charge in [0.15, 0.2) is 17.3 Å². The summed E-state index contributed by atoms with van der Waals surface area (Å²) in [6, 6.07) is 8.38. The minimum absolute atomic E-state index is 0.0657. The summed E-state index contributed by atoms with van der Waals surface area (Å²) >= 11 is 0. The molecule has 2 aromatic rings. The van der Waals surface area contributed by atoms with Crippen molar-refractivity contribution in [1.82, 2.24) is 0 Å². The molecule has 1 amide bonds. The summed E-state index contributed by atoms with van der Waals surface area (Å²) in [4.78, 5) is 36.1. The number of ketones is 1. The van der Waals surface area contributed by atoms with Gasteiger partial charge in [-0.3, -0.25) is 9.59 Å². The minimum Gasteiger partial charge on any atom is -0.490 e. The largest absolute Gasteiger partial charge is 0.490 e. The summed E-state index contributed by atoms with van der Waals surface area (Å²) < 4.78 is 29.6. The summed E-state index contributed by atoms with van der Waals surface area (Å²) in [6.07, 6.45) is 0.546. The van der Waals surface area contributed by atoms with E-state index in [4.69, 9.17) is 9.47 Å². The standard InChI is InChI=1S/C21H20FNO6/c1-27-21(26)14-3-5-15(22)16(11-14)23-20(25)8-6-17(24)13-4-7-18-19(12-13)29-10-2-9-28-18/h3-5,7,11-12H,2,6,8-10H2,1H3,(H,23,25). The monoisotopic (exact) mass is 401 g/mol. The zero-order valence-corrected chi connectivity index (χ0v) is 15.8. The number of methoxy groups -OCH3 is 1. The van der Waals surface area contributed by atoms with Crippen LogP contribution in [0.5, 0.6) is 11.5 Å². The van der Waals surface area contributed by atoms with Crippen molar-refractivity contribution >= 4 is 23.3 Å². The number of carbonyl (C=O) groups excluding carboxylic acids is 3. The maximum absolute atomic E-state index is 13.9. The number of anilines is 1. The molecule has 152 valence electrons. The Bertz CT molecular complexity index is 943. The number of halogens is 1. The maximum Gasteiger partial charge on any atom is 0.337 e. The molecule has 2 aromatic carbocycles. The van der Waals surface area contributed by atoms with Gasteiger partial charge in [0, 0.05) is 24.8 Å². The summed E-state index contributed by atoms with van der Waals surface area (Å²) in [6.45, 7) is 1.05. The highest BCUT2D eigenvalue weighted by atomic mass is 19.1. The Kier molecular flexibility index (Phi) is 6.43. The van der Waals surface area contributed by atoms with Crippen LogP contribution < -0.4 is 14.8 Å². The number of ether oxygens (including phenoxy) is 3. The molecule has 1 aliphatic heterocycles. The van der Waals surface area contributed by atoms with Crippen LogP contribution in [0, 0.1) is 5.82 Å². The molecule has 3 rings (SSSR count). The summed E-state index contributed by atoms with van der Waals surface area (Å²) in [5, 5.41) is 2.38. The van der Waals surface area contributed by atoms with E-state index in [1.54, 1.807) is 18.2 Å². The lowest BCUT2D eigenvalue weighted by Crippen LogP contribution is -2.15. The van der Waals surface area contributed by atoms with Crippen LogP contribution in [0.15, 0.2) is 36.4 Å². The third-order valence-corrected chi connectivity index (χ3v) is 4.31. The van der Waals surface area contributed by atoms with Gasteiger partial charge in [-0.05, 0) is 36.4 Å². The molecule has 0 bridgehead atoms. The van der Waals surface area contributed by atoms with Gasteiger partial charge in [0.05, 0.1) is 31.6 Å². The summed E-state index contributed by atoms with van der Waals surface area (Å²) in [5.74, 6) is -1.06. The van der Waals surface area contributed by atoms with Crippen LogP contribution in [0.3, 0.4) is 0 Å². The molecule has 0 radical (unpaired) electrons. The Labute approximate surface area is 166 Å². The zero-order chi connectivity index (χ0) is 20.8. The summed E-state index contributed by atoms with van der Waals surface area (Å²) in [7, 11) is 1.20. The molecular formula is C21H20FNO6. The Morgan fingerprint density at radius 2 is 1.72 bits per heavy atom. The predicted octanol–water partition coefficient (Wildman–Crippen LogP) is 3.38. The second-order valence-electron chi connectivity index (χ2n) is 6.37. The molecule has 1 heterocycles. The molecule has 7 nitrogen and oxygen atoms in total.